The van der Waals surface area contributed by atoms with Crippen LogP contribution in [0.25, 0.3) is 11.1 Å². The highest BCUT2D eigenvalue weighted by Gasteiger charge is 2.45. The minimum atomic E-state index is -0.654. The van der Waals surface area contributed by atoms with Gasteiger partial charge in [0.25, 0.3) is 11.8 Å². The van der Waals surface area contributed by atoms with Gasteiger partial charge in [0, 0.05) is 21.4 Å². The van der Waals surface area contributed by atoms with Crippen LogP contribution in [0.3, 0.4) is 0 Å². The van der Waals surface area contributed by atoms with Gasteiger partial charge in [-0.25, -0.2) is 0 Å². The van der Waals surface area contributed by atoms with Crippen molar-refractivity contribution in [3.05, 3.63) is 176 Å². The van der Waals surface area contributed by atoms with Gasteiger partial charge in [-0.15, -0.1) is 0 Å². The van der Waals surface area contributed by atoms with Crippen LogP contribution in [0.4, 0.5) is 11.4 Å². The topological polar surface area (TPSA) is 76.7 Å². The lowest BCUT2D eigenvalue weighted by atomic mass is 9.67. The molecule has 6 aromatic rings. The first-order valence-corrected chi connectivity index (χ1v) is 18.1. The van der Waals surface area contributed by atoms with E-state index in [9.17, 15) is 9.59 Å². The number of nitrogens with one attached hydrogen (secondary N) is 2. The molecule has 0 aromatic heterocycles. The fraction of sp³-hybridized carbons (Fsp3) is 0.156. The number of aryl methyl sites for hydroxylation is 4. The van der Waals surface area contributed by atoms with Crippen LogP contribution in [0.15, 0.2) is 121 Å². The van der Waals surface area contributed by atoms with Gasteiger partial charge in [0.2, 0.25) is 0 Å². The molecule has 0 fully saturated rings. The Bertz CT molecular complexity index is 2140. The number of rotatable bonds is 10. The number of amides is 2. The average Bonchev–Trinajstić information content (AvgIpc) is 3.46. The first-order chi connectivity index (χ1) is 25.5. The van der Waals surface area contributed by atoms with E-state index in [0.717, 1.165) is 55.6 Å². The summed E-state index contributed by atoms with van der Waals surface area (Å²) in [5.41, 5.74) is 10.9. The molecule has 0 bridgehead atoms. The molecule has 2 N–H and O–H groups in total. The van der Waals surface area contributed by atoms with Crippen molar-refractivity contribution in [3.8, 4) is 22.6 Å². The largest absolute Gasteiger partial charge is 0.484 e. The zero-order valence-electron chi connectivity index (χ0n) is 29.9. The smallest absolute Gasteiger partial charge is 0.262 e. The van der Waals surface area contributed by atoms with Crippen molar-refractivity contribution in [3.63, 3.8) is 0 Å². The molecule has 1 aliphatic rings. The molecule has 0 heterocycles. The summed E-state index contributed by atoms with van der Waals surface area (Å²) in [5, 5.41) is 7.32. The van der Waals surface area contributed by atoms with Gasteiger partial charge >= 0.3 is 0 Å². The van der Waals surface area contributed by atoms with E-state index in [2.05, 4.69) is 83.4 Å². The monoisotopic (exact) mass is 740 g/mol. The first-order valence-electron chi connectivity index (χ1n) is 17.3. The molecule has 0 aliphatic heterocycles. The molecule has 8 heteroatoms. The Kier molecular flexibility index (Phi) is 10.0. The fourth-order valence-electron chi connectivity index (χ4n) is 7.30. The van der Waals surface area contributed by atoms with E-state index in [1.165, 1.54) is 0 Å². The molecule has 1 aliphatic carbocycles. The number of benzene rings is 6. The highest BCUT2D eigenvalue weighted by atomic mass is 35.5. The number of hydrogen-bond acceptors (Lipinski definition) is 4. The Morgan fingerprint density at radius 1 is 0.528 bits per heavy atom. The van der Waals surface area contributed by atoms with E-state index in [1.54, 1.807) is 0 Å². The Labute approximate surface area is 319 Å². The molecule has 53 heavy (non-hydrogen) atoms. The highest BCUT2D eigenvalue weighted by Crippen LogP contribution is 2.56. The van der Waals surface area contributed by atoms with Crippen molar-refractivity contribution < 1.29 is 19.1 Å². The summed E-state index contributed by atoms with van der Waals surface area (Å²) in [6.45, 7) is 7.36. The van der Waals surface area contributed by atoms with Gasteiger partial charge in [-0.1, -0.05) is 96.0 Å². The van der Waals surface area contributed by atoms with E-state index >= 15 is 0 Å². The standard InChI is InChI=1S/C45H38Cl2N2O4/c1-27-21-35(22-28(2)43(27)46)52-25-41(50)48-33-17-13-31(14-18-33)45(39-11-7-5-9-37(39)38-10-6-8-12-40(38)45)32-15-19-34(20-16-32)49-42(51)26-53-36-23-29(3)44(47)30(4)24-36/h5-24H,25-26H2,1-4H3,(H,48,50)(H,49,51). The third-order valence-corrected chi connectivity index (χ3v) is 10.9. The molecule has 0 spiro atoms. The summed E-state index contributed by atoms with van der Waals surface area (Å²) >= 11 is 12.6. The van der Waals surface area contributed by atoms with E-state index in [1.807, 2.05) is 76.2 Å². The Morgan fingerprint density at radius 2 is 0.868 bits per heavy atom. The predicted octanol–water partition coefficient (Wildman–Crippen LogP) is 10.6. The van der Waals surface area contributed by atoms with Crippen molar-refractivity contribution >= 4 is 46.4 Å². The van der Waals surface area contributed by atoms with Crippen LogP contribution in [-0.2, 0) is 15.0 Å². The number of ether oxygens (including phenoxy) is 2. The van der Waals surface area contributed by atoms with Crippen LogP contribution < -0.4 is 20.1 Å². The summed E-state index contributed by atoms with van der Waals surface area (Å²) < 4.78 is 11.6. The van der Waals surface area contributed by atoms with Gasteiger partial charge in [0.1, 0.15) is 11.5 Å². The quantitative estimate of drug-likeness (QED) is 0.146. The van der Waals surface area contributed by atoms with Crippen LogP contribution in [-0.4, -0.2) is 25.0 Å². The number of carbonyl (C=O) groups excluding carboxylic acids is 2. The molecular formula is C45H38Cl2N2O4. The van der Waals surface area contributed by atoms with Crippen LogP contribution in [0.2, 0.25) is 10.0 Å². The maximum atomic E-state index is 12.9. The molecule has 0 radical (unpaired) electrons. The minimum Gasteiger partial charge on any atom is -0.484 e. The molecule has 266 valence electrons. The lowest BCUT2D eigenvalue weighted by Crippen LogP contribution is -2.28. The summed E-state index contributed by atoms with van der Waals surface area (Å²) in [6.07, 6.45) is 0. The molecule has 0 saturated carbocycles. The Balaban J connectivity index is 1.14. The molecule has 6 aromatic carbocycles. The van der Waals surface area contributed by atoms with Gasteiger partial charge in [-0.3, -0.25) is 9.59 Å². The molecule has 2 amide bonds. The molecule has 0 saturated heterocycles. The zero-order valence-corrected chi connectivity index (χ0v) is 31.4. The van der Waals surface area contributed by atoms with Gasteiger partial charge in [-0.05, 0) is 132 Å². The normalized spacial score (nSPS) is 12.4. The highest BCUT2D eigenvalue weighted by molar-refractivity contribution is 6.32. The lowest BCUT2D eigenvalue weighted by Gasteiger charge is -2.34. The number of fused-ring (bicyclic) bond motifs is 3. The summed E-state index contributed by atoms with van der Waals surface area (Å²) in [5.74, 6) is 0.654. The second-order valence-corrected chi connectivity index (χ2v) is 14.2. The van der Waals surface area contributed by atoms with Gasteiger partial charge in [0.05, 0.1) is 5.41 Å². The Hall–Kier alpha value is -5.56. The van der Waals surface area contributed by atoms with Crippen LogP contribution in [0.1, 0.15) is 44.5 Å². The third kappa shape index (κ3) is 7.00. The number of halogens is 2. The minimum absolute atomic E-state index is 0.136. The average molecular weight is 742 g/mol. The number of anilines is 2. The van der Waals surface area contributed by atoms with Gasteiger partial charge < -0.3 is 20.1 Å². The van der Waals surface area contributed by atoms with E-state index in [0.29, 0.717) is 32.9 Å². The van der Waals surface area contributed by atoms with Crippen molar-refractivity contribution in [2.45, 2.75) is 33.1 Å². The second kappa shape index (κ2) is 14.8. The second-order valence-electron chi connectivity index (χ2n) is 13.4. The van der Waals surface area contributed by atoms with Crippen LogP contribution in [0.5, 0.6) is 11.5 Å². The molecule has 7 rings (SSSR count). The van der Waals surface area contributed by atoms with Crippen molar-refractivity contribution in [1.82, 2.24) is 0 Å². The van der Waals surface area contributed by atoms with E-state index in [4.69, 9.17) is 32.7 Å². The zero-order chi connectivity index (χ0) is 37.3. The molecule has 0 unspecified atom stereocenters. The maximum absolute atomic E-state index is 12.9. The third-order valence-electron chi connectivity index (χ3n) is 9.72. The lowest BCUT2D eigenvalue weighted by molar-refractivity contribution is -0.118. The number of carbonyl (C=O) groups is 2. The van der Waals surface area contributed by atoms with Crippen molar-refractivity contribution in [1.29, 1.82) is 0 Å². The maximum Gasteiger partial charge on any atom is 0.262 e. The SMILES string of the molecule is Cc1cc(OCC(=O)Nc2ccc(C3(c4ccc(NC(=O)COc5cc(C)c(Cl)c(C)c5)cc4)c4ccccc4-c4ccccc43)cc2)cc(C)c1Cl. The molecule has 0 atom stereocenters. The van der Waals surface area contributed by atoms with Gasteiger partial charge in [0.15, 0.2) is 13.2 Å². The summed E-state index contributed by atoms with van der Waals surface area (Å²) in [4.78, 5) is 25.9. The predicted molar refractivity (Wildman–Crippen MR) is 214 cm³/mol. The Morgan fingerprint density at radius 3 is 1.23 bits per heavy atom. The molecule has 6 nitrogen and oxygen atoms in total. The van der Waals surface area contributed by atoms with Crippen LogP contribution >= 0.6 is 23.2 Å². The van der Waals surface area contributed by atoms with Crippen LogP contribution in [0, 0.1) is 27.7 Å². The van der Waals surface area contributed by atoms with E-state index < -0.39 is 5.41 Å². The summed E-state index contributed by atoms with van der Waals surface area (Å²) in [6, 6.07) is 40.2. The van der Waals surface area contributed by atoms with Crippen molar-refractivity contribution in [2.75, 3.05) is 23.8 Å². The molecular weight excluding hydrogens is 703 g/mol. The summed E-state index contributed by atoms with van der Waals surface area (Å²) in [7, 11) is 0. The number of hydrogen-bond donors (Lipinski definition) is 2. The van der Waals surface area contributed by atoms with E-state index in [-0.39, 0.29) is 25.0 Å². The fourth-order valence-corrected chi connectivity index (χ4v) is 7.52. The van der Waals surface area contributed by atoms with Gasteiger partial charge in [-0.2, -0.15) is 0 Å². The van der Waals surface area contributed by atoms with Crippen molar-refractivity contribution in [2.24, 2.45) is 0 Å². The first kappa shape index (κ1) is 35.8.